The van der Waals surface area contributed by atoms with Crippen LogP contribution in [0, 0.1) is 29.1 Å². The second kappa shape index (κ2) is 7.54. The second-order valence-electron chi connectivity index (χ2n) is 8.52. The highest BCUT2D eigenvalue weighted by molar-refractivity contribution is 5.48. The summed E-state index contributed by atoms with van der Waals surface area (Å²) < 4.78 is 342. The Morgan fingerprint density at radius 1 is 0.317 bits per heavy atom. The molecule has 2 aliphatic carbocycles. The minimum atomic E-state index is -9.58. The van der Waals surface area contributed by atoms with Gasteiger partial charge in [-0.25, -0.2) is 35.1 Å². The van der Waals surface area contributed by atoms with Crippen LogP contribution in [0.3, 0.4) is 0 Å². The van der Waals surface area contributed by atoms with Gasteiger partial charge in [-0.1, -0.05) is 0 Å². The van der Waals surface area contributed by atoms with Gasteiger partial charge >= 0.3 is 47.4 Å². The fourth-order valence-corrected chi connectivity index (χ4v) is 4.44. The van der Waals surface area contributed by atoms with E-state index in [1.54, 1.807) is 0 Å². The molecule has 0 heterocycles. The molecule has 0 aromatic heterocycles. The van der Waals surface area contributed by atoms with E-state index in [1.807, 2.05) is 0 Å². The van der Waals surface area contributed by atoms with E-state index in [-0.39, 0.29) is 0 Å². The van der Waals surface area contributed by atoms with Gasteiger partial charge in [-0.3, -0.25) is 0 Å². The van der Waals surface area contributed by atoms with Crippen molar-refractivity contribution in [3.63, 3.8) is 0 Å². The third-order valence-electron chi connectivity index (χ3n) is 6.61. The minimum absolute atomic E-state index is 3.68. The zero-order valence-corrected chi connectivity index (χ0v) is 17.6. The highest BCUT2D eigenvalue weighted by atomic mass is 19.4. The maximum Gasteiger partial charge on any atom is 0.382 e. The predicted octanol–water partition coefficient (Wildman–Crippen LogP) is 8.07. The van der Waals surface area contributed by atoms with Crippen LogP contribution < -0.4 is 0 Å². The van der Waals surface area contributed by atoms with Gasteiger partial charge in [-0.2, -0.15) is 70.2 Å². The van der Waals surface area contributed by atoms with Crippen molar-refractivity contribution in [2.45, 2.75) is 64.4 Å². The molecule has 3 atom stereocenters. The molecule has 2 saturated carbocycles. The first kappa shape index (κ1) is 33.0. The van der Waals surface area contributed by atoms with E-state index < -0.39 is 99.0 Å². The molecule has 0 nitrogen and oxygen atoms in total. The van der Waals surface area contributed by atoms with Crippen LogP contribution in [0.2, 0.25) is 0 Å². The molecule has 2 aliphatic rings. The van der Waals surface area contributed by atoms with Crippen molar-refractivity contribution in [1.29, 1.82) is 0 Å². The summed E-state index contributed by atoms with van der Waals surface area (Å²) in [4.78, 5) is 0. The van der Waals surface area contributed by atoms with Gasteiger partial charge in [0.1, 0.15) is 5.56 Å². The molecule has 1 aromatic rings. The average Bonchev–Trinajstić information content (AvgIpc) is 2.82. The third kappa shape index (κ3) is 2.58. The lowest BCUT2D eigenvalue weighted by molar-refractivity contribution is -0.560. The molecular weight excluding hydrogens is 660 g/mol. The molecule has 1 aromatic carbocycles. The minimum Gasteiger partial charge on any atom is -0.229 e. The first-order valence-electron chi connectivity index (χ1n) is 9.29. The second-order valence-corrected chi connectivity index (χ2v) is 8.52. The number of hydrogen-bond donors (Lipinski definition) is 0. The van der Waals surface area contributed by atoms with Gasteiger partial charge < -0.3 is 0 Å². The standard InChI is InChI=1S/C17F24/c18-2-1(3(19)5(21)6(22)4(2)20)7(23,24)8(25)9(26)10(27,13(32,33)15(36,37)11(8,28)29)14(34,35)17(40,41)16(38,39)12(9,30)31. The highest BCUT2D eigenvalue weighted by Crippen LogP contribution is 2.83. The lowest BCUT2D eigenvalue weighted by Crippen LogP contribution is -3.00. The summed E-state index contributed by atoms with van der Waals surface area (Å²) in [6.45, 7) is 0. The molecule has 236 valence electrons. The Morgan fingerprint density at radius 2 is 0.561 bits per heavy atom. The quantitative estimate of drug-likeness (QED) is 0.171. The van der Waals surface area contributed by atoms with E-state index in [4.69, 9.17) is 0 Å². The number of fused-ring (bicyclic) bond motifs is 1. The Hall–Kier alpha value is -2.46. The van der Waals surface area contributed by atoms with Gasteiger partial charge in [0.25, 0.3) is 17.0 Å². The van der Waals surface area contributed by atoms with Crippen molar-refractivity contribution < 1.29 is 105 Å². The normalized spacial score (nSPS) is 36.0. The number of rotatable bonds is 2. The van der Waals surface area contributed by atoms with Gasteiger partial charge in [0.2, 0.25) is 5.82 Å². The number of alkyl halides is 19. The Bertz CT molecular complexity index is 1270. The molecule has 0 saturated heterocycles. The molecule has 0 amide bonds. The third-order valence-corrected chi connectivity index (χ3v) is 6.61. The maximum atomic E-state index is 15.6. The summed E-state index contributed by atoms with van der Waals surface area (Å²) in [6.07, 6.45) is 0. The zero-order chi connectivity index (χ0) is 33.0. The first-order valence-corrected chi connectivity index (χ1v) is 9.29. The Labute approximate surface area is 205 Å². The van der Waals surface area contributed by atoms with E-state index in [1.165, 1.54) is 0 Å². The van der Waals surface area contributed by atoms with Gasteiger partial charge in [-0.05, 0) is 0 Å². The van der Waals surface area contributed by atoms with Crippen molar-refractivity contribution in [1.82, 2.24) is 0 Å². The van der Waals surface area contributed by atoms with E-state index in [0.29, 0.717) is 0 Å². The molecule has 41 heavy (non-hydrogen) atoms. The SMILES string of the molecule is Fc1c(F)c(F)c(C(F)(F)C2(F)C(F)(F)C(F)(F)C(F)(F)C3(F)C(F)(F)C(F)(F)C(F)(F)C(F)(F)C23F)c(F)c1F. The monoisotopic (exact) mass is 660 g/mol. The lowest BCUT2D eigenvalue weighted by Gasteiger charge is -2.66. The molecular formula is C17F24. The van der Waals surface area contributed by atoms with Crippen molar-refractivity contribution in [3.05, 3.63) is 34.6 Å². The molecule has 24 heteroatoms. The van der Waals surface area contributed by atoms with Crippen molar-refractivity contribution in [2.24, 2.45) is 0 Å². The Kier molecular flexibility index (Phi) is 6.08. The Morgan fingerprint density at radius 3 is 0.878 bits per heavy atom. The van der Waals surface area contributed by atoms with Gasteiger partial charge in [0, 0.05) is 0 Å². The topological polar surface area (TPSA) is 0 Å². The van der Waals surface area contributed by atoms with Crippen LogP contribution in [0.25, 0.3) is 0 Å². The molecule has 0 bridgehead atoms. The van der Waals surface area contributed by atoms with Crippen LogP contribution in [0.15, 0.2) is 0 Å². The zero-order valence-electron chi connectivity index (χ0n) is 17.6. The summed E-state index contributed by atoms with van der Waals surface area (Å²) in [7, 11) is 0. The molecule has 0 radical (unpaired) electrons. The van der Waals surface area contributed by atoms with E-state index in [0.717, 1.165) is 0 Å². The lowest BCUT2D eigenvalue weighted by atomic mass is 9.49. The van der Waals surface area contributed by atoms with Crippen molar-refractivity contribution in [3.8, 4) is 0 Å². The summed E-state index contributed by atoms with van der Waals surface area (Å²) in [6, 6.07) is 0. The number of halogens is 24. The van der Waals surface area contributed by atoms with Crippen LogP contribution in [-0.2, 0) is 5.92 Å². The summed E-state index contributed by atoms with van der Waals surface area (Å²) in [5.41, 5.74) is -33.4. The fraction of sp³-hybridized carbons (Fsp3) is 0.647. The highest BCUT2D eigenvalue weighted by Gasteiger charge is 3.16. The van der Waals surface area contributed by atoms with E-state index >= 15 is 13.2 Å². The first-order chi connectivity index (χ1) is 17.7. The average molecular weight is 660 g/mol. The fourth-order valence-electron chi connectivity index (χ4n) is 4.44. The number of hydrogen-bond acceptors (Lipinski definition) is 0. The summed E-state index contributed by atoms with van der Waals surface area (Å²) in [5.74, 6) is -92.4. The number of benzene rings is 1. The molecule has 3 rings (SSSR count). The van der Waals surface area contributed by atoms with Crippen LogP contribution in [-0.4, -0.2) is 58.5 Å². The van der Waals surface area contributed by atoms with Crippen LogP contribution in [0.1, 0.15) is 5.56 Å². The molecule has 0 N–H and O–H groups in total. The van der Waals surface area contributed by atoms with Crippen LogP contribution in [0.5, 0.6) is 0 Å². The van der Waals surface area contributed by atoms with E-state index in [2.05, 4.69) is 0 Å². The van der Waals surface area contributed by atoms with Gasteiger partial charge in [0.05, 0.1) is 0 Å². The molecule has 0 aliphatic heterocycles. The summed E-state index contributed by atoms with van der Waals surface area (Å²) in [5, 5.41) is 0. The predicted molar refractivity (Wildman–Crippen MR) is 76.3 cm³/mol. The summed E-state index contributed by atoms with van der Waals surface area (Å²) >= 11 is 0. The Balaban J connectivity index is 2.80. The van der Waals surface area contributed by atoms with Crippen molar-refractivity contribution >= 4 is 0 Å². The van der Waals surface area contributed by atoms with E-state index in [9.17, 15) is 92.2 Å². The molecule has 3 unspecified atom stereocenters. The smallest absolute Gasteiger partial charge is 0.229 e. The van der Waals surface area contributed by atoms with Crippen LogP contribution in [0.4, 0.5) is 105 Å². The largest absolute Gasteiger partial charge is 0.382 e. The van der Waals surface area contributed by atoms with Crippen molar-refractivity contribution in [2.75, 3.05) is 0 Å². The van der Waals surface area contributed by atoms with Crippen LogP contribution >= 0.6 is 0 Å². The van der Waals surface area contributed by atoms with Gasteiger partial charge in [-0.15, -0.1) is 0 Å². The molecule has 0 spiro atoms. The molecule has 2 fully saturated rings. The van der Waals surface area contributed by atoms with Gasteiger partial charge in [0.15, 0.2) is 23.3 Å². The maximum absolute atomic E-state index is 15.6.